The monoisotopic (exact) mass is 416 g/mol. The van der Waals surface area contributed by atoms with Gasteiger partial charge in [-0.05, 0) is 55.5 Å². The SMILES string of the molecule is COc1ccc(CCCNC(=O)[C@H]2CCCN(S(=O)(=O)c3ccccc3)C2)cc1. The van der Waals surface area contributed by atoms with E-state index >= 15 is 0 Å². The molecule has 1 atom stereocenters. The van der Waals surface area contributed by atoms with Crippen molar-refractivity contribution in [2.24, 2.45) is 5.92 Å². The number of carbonyl (C=O) groups is 1. The topological polar surface area (TPSA) is 75.7 Å². The summed E-state index contributed by atoms with van der Waals surface area (Å²) in [7, 11) is -1.91. The van der Waals surface area contributed by atoms with Crippen LogP contribution in [0.4, 0.5) is 0 Å². The first kappa shape index (κ1) is 21.3. The molecule has 29 heavy (non-hydrogen) atoms. The van der Waals surface area contributed by atoms with E-state index in [4.69, 9.17) is 4.74 Å². The molecule has 0 aliphatic carbocycles. The highest BCUT2D eigenvalue weighted by Crippen LogP contribution is 2.23. The van der Waals surface area contributed by atoms with Gasteiger partial charge in [-0.15, -0.1) is 0 Å². The number of carbonyl (C=O) groups excluding carboxylic acids is 1. The lowest BCUT2D eigenvalue weighted by atomic mass is 9.99. The summed E-state index contributed by atoms with van der Waals surface area (Å²) in [6.45, 7) is 1.27. The number of methoxy groups -OCH3 is 1. The minimum absolute atomic E-state index is 0.0623. The van der Waals surface area contributed by atoms with Crippen molar-refractivity contribution < 1.29 is 17.9 Å². The van der Waals surface area contributed by atoms with Crippen molar-refractivity contribution in [1.29, 1.82) is 0 Å². The van der Waals surface area contributed by atoms with Crippen LogP contribution in [0.1, 0.15) is 24.8 Å². The number of aryl methyl sites for hydroxylation is 1. The maximum atomic E-state index is 12.8. The first-order chi connectivity index (χ1) is 14.0. The Labute approximate surface area is 172 Å². The molecule has 2 aromatic rings. The van der Waals surface area contributed by atoms with E-state index in [0.29, 0.717) is 25.9 Å². The number of piperidine rings is 1. The lowest BCUT2D eigenvalue weighted by Gasteiger charge is -2.31. The van der Waals surface area contributed by atoms with Crippen molar-refractivity contribution in [2.45, 2.75) is 30.6 Å². The van der Waals surface area contributed by atoms with E-state index in [0.717, 1.165) is 18.6 Å². The molecule has 6 nitrogen and oxygen atoms in total. The second-order valence-corrected chi connectivity index (χ2v) is 9.20. The molecule has 1 aliphatic rings. The second-order valence-electron chi connectivity index (χ2n) is 7.26. The zero-order valence-corrected chi connectivity index (χ0v) is 17.5. The van der Waals surface area contributed by atoms with Gasteiger partial charge in [0.25, 0.3) is 0 Å². The third kappa shape index (κ3) is 5.58. The number of amides is 1. The maximum absolute atomic E-state index is 12.8. The van der Waals surface area contributed by atoms with Crippen LogP contribution in [-0.2, 0) is 21.2 Å². The van der Waals surface area contributed by atoms with Crippen LogP contribution < -0.4 is 10.1 Å². The molecule has 1 saturated heterocycles. The van der Waals surface area contributed by atoms with Gasteiger partial charge < -0.3 is 10.1 Å². The molecule has 0 aromatic heterocycles. The highest BCUT2D eigenvalue weighted by atomic mass is 32.2. The largest absolute Gasteiger partial charge is 0.497 e. The van der Waals surface area contributed by atoms with Crippen molar-refractivity contribution >= 4 is 15.9 Å². The van der Waals surface area contributed by atoms with Gasteiger partial charge in [0.05, 0.1) is 17.9 Å². The Bertz CT molecular complexity index is 898. The van der Waals surface area contributed by atoms with Crippen molar-refractivity contribution in [3.05, 3.63) is 60.2 Å². The van der Waals surface area contributed by atoms with Gasteiger partial charge in [0.1, 0.15) is 5.75 Å². The minimum Gasteiger partial charge on any atom is -0.497 e. The molecule has 7 heteroatoms. The Balaban J connectivity index is 1.48. The van der Waals surface area contributed by atoms with Crippen LogP contribution in [0.25, 0.3) is 0 Å². The van der Waals surface area contributed by atoms with Gasteiger partial charge in [0.15, 0.2) is 0 Å². The molecule has 3 rings (SSSR count). The molecule has 1 heterocycles. The lowest BCUT2D eigenvalue weighted by molar-refractivity contribution is -0.126. The molecule has 1 N–H and O–H groups in total. The molecule has 1 fully saturated rings. The first-order valence-corrected chi connectivity index (χ1v) is 11.4. The van der Waals surface area contributed by atoms with Crippen LogP contribution in [0.5, 0.6) is 5.75 Å². The van der Waals surface area contributed by atoms with E-state index in [1.165, 1.54) is 9.87 Å². The number of hydrogen-bond acceptors (Lipinski definition) is 4. The van der Waals surface area contributed by atoms with E-state index in [1.807, 2.05) is 24.3 Å². The number of benzene rings is 2. The van der Waals surface area contributed by atoms with Gasteiger partial charge in [-0.1, -0.05) is 30.3 Å². The van der Waals surface area contributed by atoms with E-state index < -0.39 is 10.0 Å². The highest BCUT2D eigenvalue weighted by molar-refractivity contribution is 7.89. The fourth-order valence-electron chi connectivity index (χ4n) is 3.56. The third-order valence-electron chi connectivity index (χ3n) is 5.24. The number of nitrogens with one attached hydrogen (secondary N) is 1. The van der Waals surface area contributed by atoms with E-state index in [1.54, 1.807) is 37.4 Å². The smallest absolute Gasteiger partial charge is 0.243 e. The quantitative estimate of drug-likeness (QED) is 0.672. The number of nitrogens with zero attached hydrogens (tertiary/aromatic N) is 1. The molecule has 0 saturated carbocycles. The summed E-state index contributed by atoms with van der Waals surface area (Å²) in [6, 6.07) is 16.3. The molecular formula is C22H28N2O4S. The fourth-order valence-corrected chi connectivity index (χ4v) is 5.10. The summed E-state index contributed by atoms with van der Waals surface area (Å²) in [6.07, 6.45) is 3.10. The van der Waals surface area contributed by atoms with Crippen LogP contribution in [0.15, 0.2) is 59.5 Å². The molecule has 0 spiro atoms. The molecule has 2 aromatic carbocycles. The number of rotatable bonds is 8. The average molecular weight is 417 g/mol. The van der Waals surface area contributed by atoms with Gasteiger partial charge in [0, 0.05) is 19.6 Å². The highest BCUT2D eigenvalue weighted by Gasteiger charge is 2.33. The maximum Gasteiger partial charge on any atom is 0.243 e. The standard InChI is InChI=1S/C22H28N2O4S/c1-28-20-13-11-18(12-14-20)7-5-15-23-22(25)19-8-6-16-24(17-19)29(26,27)21-9-3-2-4-10-21/h2-4,9-14,19H,5-8,15-17H2,1H3,(H,23,25)/t19-/m0/s1. The van der Waals surface area contributed by atoms with Crippen molar-refractivity contribution in [3.63, 3.8) is 0 Å². The normalized spacial score (nSPS) is 17.6. The summed E-state index contributed by atoms with van der Waals surface area (Å²) in [5.41, 5.74) is 1.19. The van der Waals surface area contributed by atoms with Gasteiger partial charge >= 0.3 is 0 Å². The summed E-state index contributed by atoms with van der Waals surface area (Å²) in [4.78, 5) is 12.8. The predicted octanol–water partition coefficient (Wildman–Crippen LogP) is 2.84. The predicted molar refractivity (Wildman–Crippen MR) is 112 cm³/mol. The third-order valence-corrected chi connectivity index (χ3v) is 7.12. The summed E-state index contributed by atoms with van der Waals surface area (Å²) in [5, 5.41) is 2.97. The molecular weight excluding hydrogens is 388 g/mol. The van der Waals surface area contributed by atoms with Crippen LogP contribution in [-0.4, -0.2) is 45.4 Å². The second kappa shape index (κ2) is 9.89. The summed E-state index contributed by atoms with van der Waals surface area (Å²) >= 11 is 0. The first-order valence-electron chi connectivity index (χ1n) is 9.96. The van der Waals surface area contributed by atoms with Crippen molar-refractivity contribution in [3.8, 4) is 5.75 Å². The van der Waals surface area contributed by atoms with Gasteiger partial charge in [-0.2, -0.15) is 4.31 Å². The van der Waals surface area contributed by atoms with Crippen molar-refractivity contribution in [2.75, 3.05) is 26.7 Å². The molecule has 0 bridgehead atoms. The summed E-state index contributed by atoms with van der Waals surface area (Å²) < 4.78 is 32.2. The Hall–Kier alpha value is -2.38. The Morgan fingerprint density at radius 2 is 1.86 bits per heavy atom. The van der Waals surface area contributed by atoms with Crippen LogP contribution in [0.3, 0.4) is 0 Å². The van der Waals surface area contributed by atoms with Gasteiger partial charge in [-0.25, -0.2) is 8.42 Å². The number of hydrogen-bond donors (Lipinski definition) is 1. The Morgan fingerprint density at radius 1 is 1.14 bits per heavy atom. The fraction of sp³-hybridized carbons (Fsp3) is 0.409. The average Bonchev–Trinajstić information content (AvgIpc) is 2.77. The Kier molecular flexibility index (Phi) is 7.28. The number of ether oxygens (including phenoxy) is 1. The lowest BCUT2D eigenvalue weighted by Crippen LogP contribution is -2.45. The molecule has 1 aliphatic heterocycles. The van der Waals surface area contributed by atoms with E-state index in [2.05, 4.69) is 5.32 Å². The molecule has 1 amide bonds. The van der Waals surface area contributed by atoms with Crippen LogP contribution >= 0.6 is 0 Å². The van der Waals surface area contributed by atoms with Gasteiger partial charge in [0.2, 0.25) is 15.9 Å². The van der Waals surface area contributed by atoms with E-state index in [-0.39, 0.29) is 23.3 Å². The molecule has 0 unspecified atom stereocenters. The number of sulfonamides is 1. The van der Waals surface area contributed by atoms with Crippen LogP contribution in [0.2, 0.25) is 0 Å². The Morgan fingerprint density at radius 3 is 2.55 bits per heavy atom. The van der Waals surface area contributed by atoms with Crippen LogP contribution in [0, 0.1) is 5.92 Å². The van der Waals surface area contributed by atoms with Gasteiger partial charge in [-0.3, -0.25) is 4.79 Å². The molecule has 156 valence electrons. The van der Waals surface area contributed by atoms with Crippen molar-refractivity contribution in [1.82, 2.24) is 9.62 Å². The zero-order chi connectivity index (χ0) is 20.7. The zero-order valence-electron chi connectivity index (χ0n) is 16.7. The van der Waals surface area contributed by atoms with E-state index in [9.17, 15) is 13.2 Å². The minimum atomic E-state index is -3.55. The summed E-state index contributed by atoms with van der Waals surface area (Å²) in [5.74, 6) is 0.463. The molecule has 0 radical (unpaired) electrons.